The Kier molecular flexibility index (Phi) is 2.71. The summed E-state index contributed by atoms with van der Waals surface area (Å²) in [7, 11) is 0. The van der Waals surface area contributed by atoms with E-state index >= 15 is 0 Å². The number of benzene rings is 1. The highest BCUT2D eigenvalue weighted by Gasteiger charge is 2.22. The van der Waals surface area contributed by atoms with Gasteiger partial charge in [0.05, 0.1) is 10.5 Å². The van der Waals surface area contributed by atoms with E-state index in [-0.39, 0.29) is 16.3 Å². The number of nitrogens with two attached hydrogens (primary N) is 1. The molecule has 0 spiro atoms. The van der Waals surface area contributed by atoms with E-state index < -0.39 is 16.4 Å². The Hall–Kier alpha value is -1.62. The number of halogens is 1. The minimum atomic E-state index is -0.696. The smallest absolute Gasteiger partial charge is 0.298 e. The molecule has 0 unspecified atom stereocenters. The topological polar surface area (TPSA) is 86.2 Å². The lowest BCUT2D eigenvalue weighted by Gasteiger charge is -2.02. The van der Waals surface area contributed by atoms with Gasteiger partial charge in [-0.15, -0.1) is 0 Å². The summed E-state index contributed by atoms with van der Waals surface area (Å²) in [4.78, 5) is 20.9. The largest absolute Gasteiger partial charge is 0.399 e. The lowest BCUT2D eigenvalue weighted by Crippen LogP contribution is -2.02. The molecule has 0 aliphatic carbocycles. The van der Waals surface area contributed by atoms with Crippen LogP contribution < -0.4 is 5.73 Å². The summed E-state index contributed by atoms with van der Waals surface area (Å²) < 4.78 is 0. The molecule has 1 rings (SSSR count). The zero-order valence-corrected chi connectivity index (χ0v) is 8.04. The fourth-order valence-electron chi connectivity index (χ4n) is 1.07. The molecule has 0 radical (unpaired) electrons. The molecular formula is C8H7ClN2O3. The first-order valence-electron chi connectivity index (χ1n) is 3.68. The van der Waals surface area contributed by atoms with Crippen molar-refractivity contribution < 1.29 is 9.72 Å². The van der Waals surface area contributed by atoms with Crippen LogP contribution >= 0.6 is 11.6 Å². The summed E-state index contributed by atoms with van der Waals surface area (Å²) >= 11 is 5.60. The van der Waals surface area contributed by atoms with Crippen molar-refractivity contribution in [2.75, 3.05) is 5.73 Å². The molecule has 6 heteroatoms. The molecule has 14 heavy (non-hydrogen) atoms. The van der Waals surface area contributed by atoms with Crippen molar-refractivity contribution >= 4 is 28.8 Å². The molecule has 0 heterocycles. The number of Topliss-reactive ketones (excluding diaryl/α,β-unsaturated/α-hetero) is 1. The maximum Gasteiger partial charge on any atom is 0.298 e. The Labute approximate surface area is 84.6 Å². The van der Waals surface area contributed by atoms with E-state index in [0.29, 0.717) is 0 Å². The van der Waals surface area contributed by atoms with Gasteiger partial charge < -0.3 is 5.73 Å². The molecule has 0 aromatic heterocycles. The molecule has 2 N–H and O–H groups in total. The van der Waals surface area contributed by atoms with Gasteiger partial charge in [-0.05, 0) is 19.1 Å². The van der Waals surface area contributed by atoms with Crippen molar-refractivity contribution in [2.24, 2.45) is 0 Å². The minimum Gasteiger partial charge on any atom is -0.399 e. The molecule has 0 amide bonds. The van der Waals surface area contributed by atoms with Gasteiger partial charge in [0.1, 0.15) is 5.02 Å². The number of anilines is 1. The van der Waals surface area contributed by atoms with Gasteiger partial charge >= 0.3 is 0 Å². The first kappa shape index (κ1) is 10.5. The molecule has 1 aromatic rings. The van der Waals surface area contributed by atoms with E-state index in [4.69, 9.17) is 17.3 Å². The Morgan fingerprint density at radius 3 is 2.57 bits per heavy atom. The van der Waals surface area contributed by atoms with Crippen LogP contribution in [0.1, 0.15) is 17.3 Å². The zero-order chi connectivity index (χ0) is 10.9. The molecule has 0 atom stereocenters. The first-order chi connectivity index (χ1) is 6.43. The van der Waals surface area contributed by atoms with Crippen LogP contribution in [0.25, 0.3) is 0 Å². The summed E-state index contributed by atoms with van der Waals surface area (Å²) in [5, 5.41) is 10.5. The summed E-state index contributed by atoms with van der Waals surface area (Å²) in [6.45, 7) is 1.22. The third kappa shape index (κ3) is 1.82. The second kappa shape index (κ2) is 3.63. The monoisotopic (exact) mass is 214 g/mol. The highest BCUT2D eigenvalue weighted by molar-refractivity contribution is 6.33. The van der Waals surface area contributed by atoms with E-state index in [1.165, 1.54) is 19.1 Å². The molecule has 74 valence electrons. The normalized spacial score (nSPS) is 9.86. The number of carbonyl (C=O) groups is 1. The van der Waals surface area contributed by atoms with Crippen LogP contribution in [-0.2, 0) is 0 Å². The predicted molar refractivity (Wildman–Crippen MR) is 52.5 cm³/mol. The van der Waals surface area contributed by atoms with Crippen molar-refractivity contribution in [3.63, 3.8) is 0 Å². The molecule has 0 bridgehead atoms. The van der Waals surface area contributed by atoms with Crippen LogP contribution in [0, 0.1) is 10.1 Å². The first-order valence-corrected chi connectivity index (χ1v) is 4.05. The number of hydrogen-bond acceptors (Lipinski definition) is 4. The molecular weight excluding hydrogens is 208 g/mol. The van der Waals surface area contributed by atoms with Crippen LogP contribution in [0.5, 0.6) is 0 Å². The van der Waals surface area contributed by atoms with Gasteiger partial charge in [0.2, 0.25) is 0 Å². The maximum atomic E-state index is 11.1. The molecule has 0 aliphatic heterocycles. The third-order valence-electron chi connectivity index (χ3n) is 1.65. The Bertz CT molecular complexity index is 417. The standard InChI is InChI=1S/C8H7ClN2O3/c1-4(12)6-2-5(10)3-7(9)8(6)11(13)14/h2-3H,10H2,1H3. The summed E-state index contributed by atoms with van der Waals surface area (Å²) in [6.07, 6.45) is 0. The maximum absolute atomic E-state index is 11.1. The number of nitro groups is 1. The van der Waals surface area contributed by atoms with Gasteiger partial charge in [0.15, 0.2) is 5.78 Å². The van der Waals surface area contributed by atoms with E-state index in [2.05, 4.69) is 0 Å². The van der Waals surface area contributed by atoms with E-state index in [9.17, 15) is 14.9 Å². The number of nitrogen functional groups attached to an aromatic ring is 1. The van der Waals surface area contributed by atoms with Gasteiger partial charge in [0, 0.05) is 5.69 Å². The number of hydrogen-bond donors (Lipinski definition) is 1. The van der Waals surface area contributed by atoms with Crippen LogP contribution in [0.3, 0.4) is 0 Å². The fourth-order valence-corrected chi connectivity index (χ4v) is 1.37. The SMILES string of the molecule is CC(=O)c1cc(N)cc(Cl)c1[N+](=O)[O-]. The fraction of sp³-hybridized carbons (Fsp3) is 0.125. The predicted octanol–water partition coefficient (Wildman–Crippen LogP) is 2.03. The Morgan fingerprint density at radius 2 is 2.14 bits per heavy atom. The molecule has 5 nitrogen and oxygen atoms in total. The van der Waals surface area contributed by atoms with Crippen molar-refractivity contribution in [1.82, 2.24) is 0 Å². The summed E-state index contributed by atoms with van der Waals surface area (Å²) in [5.74, 6) is -0.439. The Morgan fingerprint density at radius 1 is 1.57 bits per heavy atom. The van der Waals surface area contributed by atoms with Gasteiger partial charge in [-0.2, -0.15) is 0 Å². The molecule has 0 fully saturated rings. The quantitative estimate of drug-likeness (QED) is 0.353. The number of nitro benzene ring substituents is 1. The van der Waals surface area contributed by atoms with E-state index in [0.717, 1.165) is 0 Å². The van der Waals surface area contributed by atoms with Gasteiger partial charge in [-0.1, -0.05) is 11.6 Å². The Balaban J connectivity index is 3.52. The zero-order valence-electron chi connectivity index (χ0n) is 7.28. The van der Waals surface area contributed by atoms with Crippen LogP contribution in [0.4, 0.5) is 11.4 Å². The second-order valence-corrected chi connectivity index (χ2v) is 3.12. The average molecular weight is 215 g/mol. The second-order valence-electron chi connectivity index (χ2n) is 2.71. The van der Waals surface area contributed by atoms with Crippen molar-refractivity contribution in [1.29, 1.82) is 0 Å². The van der Waals surface area contributed by atoms with Crippen molar-refractivity contribution in [2.45, 2.75) is 6.92 Å². The lowest BCUT2D eigenvalue weighted by molar-refractivity contribution is -0.385. The lowest BCUT2D eigenvalue weighted by atomic mass is 10.1. The van der Waals surface area contributed by atoms with Gasteiger partial charge in [-0.25, -0.2) is 0 Å². The summed E-state index contributed by atoms with van der Waals surface area (Å²) in [5.41, 5.74) is 5.17. The van der Waals surface area contributed by atoms with Gasteiger partial charge in [0.25, 0.3) is 5.69 Å². The highest BCUT2D eigenvalue weighted by atomic mass is 35.5. The van der Waals surface area contributed by atoms with Crippen LogP contribution in [0.2, 0.25) is 5.02 Å². The molecule has 0 saturated carbocycles. The summed E-state index contributed by atoms with van der Waals surface area (Å²) in [6, 6.07) is 2.48. The van der Waals surface area contributed by atoms with Gasteiger partial charge in [-0.3, -0.25) is 14.9 Å². The van der Waals surface area contributed by atoms with Crippen LogP contribution in [-0.4, -0.2) is 10.7 Å². The highest BCUT2D eigenvalue weighted by Crippen LogP contribution is 2.31. The molecule has 1 aromatic carbocycles. The number of carbonyl (C=O) groups excluding carboxylic acids is 1. The molecule has 0 saturated heterocycles. The average Bonchev–Trinajstić information content (AvgIpc) is 2.01. The number of nitrogens with zero attached hydrogens (tertiary/aromatic N) is 1. The van der Waals surface area contributed by atoms with E-state index in [1.54, 1.807) is 0 Å². The van der Waals surface area contributed by atoms with Crippen LogP contribution in [0.15, 0.2) is 12.1 Å². The number of rotatable bonds is 2. The molecule has 0 aliphatic rings. The van der Waals surface area contributed by atoms with Crippen molar-refractivity contribution in [3.8, 4) is 0 Å². The number of ketones is 1. The van der Waals surface area contributed by atoms with Crippen molar-refractivity contribution in [3.05, 3.63) is 32.8 Å². The van der Waals surface area contributed by atoms with E-state index in [1.807, 2.05) is 0 Å². The minimum absolute atomic E-state index is 0.0694. The third-order valence-corrected chi connectivity index (χ3v) is 1.94.